The first-order valence-electron chi connectivity index (χ1n) is 9.30. The minimum atomic E-state index is -0.866. The molecule has 5 aliphatic carbocycles. The molecule has 0 radical (unpaired) electrons. The first-order valence-corrected chi connectivity index (χ1v) is 9.30. The van der Waals surface area contributed by atoms with Crippen molar-refractivity contribution >= 4 is 11.8 Å². The number of hydrogen-bond acceptors (Lipinski definition) is 3. The van der Waals surface area contributed by atoms with E-state index in [9.17, 15) is 14.7 Å². The fourth-order valence-corrected chi connectivity index (χ4v) is 5.44. The zero-order valence-corrected chi connectivity index (χ0v) is 13.8. The van der Waals surface area contributed by atoms with Crippen LogP contribution in [-0.4, -0.2) is 35.1 Å². The van der Waals surface area contributed by atoms with Crippen LogP contribution < -0.4 is 10.6 Å². The van der Waals surface area contributed by atoms with E-state index in [1.165, 1.54) is 32.1 Å². The van der Waals surface area contributed by atoms with Gasteiger partial charge in [-0.1, -0.05) is 0 Å². The van der Waals surface area contributed by atoms with Gasteiger partial charge in [0.15, 0.2) is 0 Å². The van der Waals surface area contributed by atoms with Crippen LogP contribution in [0.25, 0.3) is 0 Å². The van der Waals surface area contributed by atoms with Crippen LogP contribution in [0.1, 0.15) is 51.9 Å². The summed E-state index contributed by atoms with van der Waals surface area (Å²) in [5, 5.41) is 15.9. The second kappa shape index (κ2) is 5.76. The lowest BCUT2D eigenvalue weighted by atomic mass is 9.54. The highest BCUT2D eigenvalue weighted by molar-refractivity contribution is 5.90. The van der Waals surface area contributed by atoms with E-state index in [-0.39, 0.29) is 23.8 Å². The molecule has 0 aromatic rings. The molecule has 0 heterocycles. The molecule has 4 bridgehead atoms. The van der Waals surface area contributed by atoms with E-state index in [0.29, 0.717) is 11.8 Å². The molecular weight excluding hydrogens is 292 g/mol. The summed E-state index contributed by atoms with van der Waals surface area (Å²) in [6.07, 6.45) is 7.29. The number of amides is 2. The molecule has 0 unspecified atom stereocenters. The van der Waals surface area contributed by atoms with E-state index in [4.69, 9.17) is 0 Å². The molecule has 0 aliphatic heterocycles. The van der Waals surface area contributed by atoms with Crippen molar-refractivity contribution in [3.8, 4) is 0 Å². The van der Waals surface area contributed by atoms with Crippen molar-refractivity contribution in [1.82, 2.24) is 10.6 Å². The van der Waals surface area contributed by atoms with Crippen molar-refractivity contribution < 1.29 is 14.7 Å². The van der Waals surface area contributed by atoms with Crippen LogP contribution in [-0.2, 0) is 9.59 Å². The Labute approximate surface area is 137 Å². The molecule has 2 amide bonds. The first kappa shape index (κ1) is 15.4. The average Bonchev–Trinajstić information content (AvgIpc) is 3.31. The predicted octanol–water partition coefficient (Wildman–Crippen LogP) is 1.20. The average molecular weight is 320 g/mol. The summed E-state index contributed by atoms with van der Waals surface area (Å²) < 4.78 is 0. The number of rotatable bonds is 5. The lowest BCUT2D eigenvalue weighted by Gasteiger charge is -2.54. The lowest BCUT2D eigenvalue weighted by Crippen LogP contribution is -2.60. The van der Waals surface area contributed by atoms with Gasteiger partial charge in [0.05, 0.1) is 6.10 Å². The number of hydrogen-bond donors (Lipinski definition) is 3. The zero-order valence-electron chi connectivity index (χ0n) is 13.8. The van der Waals surface area contributed by atoms with Crippen molar-refractivity contribution in [2.45, 2.75) is 70.1 Å². The Balaban J connectivity index is 1.40. The topological polar surface area (TPSA) is 78.4 Å². The molecule has 5 saturated carbocycles. The SMILES string of the molecule is C[C@@H](O)[C@@H](NC(=O)C1CC1)C(=O)NC1C2CC3CC(C2)CC1C3. The van der Waals surface area contributed by atoms with E-state index >= 15 is 0 Å². The fraction of sp³-hybridized carbons (Fsp3) is 0.889. The predicted molar refractivity (Wildman–Crippen MR) is 85.3 cm³/mol. The Bertz CT molecular complexity index is 472. The van der Waals surface area contributed by atoms with Crippen LogP contribution >= 0.6 is 0 Å². The van der Waals surface area contributed by atoms with Crippen LogP contribution in [0.3, 0.4) is 0 Å². The minimum Gasteiger partial charge on any atom is -0.391 e. The molecule has 5 nitrogen and oxygen atoms in total. The normalized spacial score (nSPS) is 40.5. The van der Waals surface area contributed by atoms with Gasteiger partial charge >= 0.3 is 0 Å². The standard InChI is InChI=1S/C18H28N2O3/c1-9(21)15(19-17(22)12-2-3-12)18(23)20-16-13-5-10-4-11(7-13)8-14(16)6-10/h9-16,21H,2-8H2,1H3,(H,19,22)(H,20,23)/t9-,10?,11?,13?,14?,15-,16?/m1/s1. The molecule has 5 rings (SSSR count). The third-order valence-corrected chi connectivity index (χ3v) is 6.55. The Morgan fingerprint density at radius 2 is 1.57 bits per heavy atom. The van der Waals surface area contributed by atoms with Gasteiger partial charge < -0.3 is 15.7 Å². The van der Waals surface area contributed by atoms with Crippen molar-refractivity contribution in [1.29, 1.82) is 0 Å². The maximum Gasteiger partial charge on any atom is 0.245 e. The second-order valence-electron chi connectivity index (χ2n) is 8.47. The van der Waals surface area contributed by atoms with Gasteiger partial charge in [-0.05, 0) is 75.5 Å². The highest BCUT2D eigenvalue weighted by atomic mass is 16.3. The lowest BCUT2D eigenvalue weighted by molar-refractivity contribution is -0.134. The molecule has 0 aromatic carbocycles. The number of carbonyl (C=O) groups excluding carboxylic acids is 2. The third-order valence-electron chi connectivity index (χ3n) is 6.55. The first-order chi connectivity index (χ1) is 11.0. The zero-order chi connectivity index (χ0) is 16.1. The van der Waals surface area contributed by atoms with Gasteiger partial charge in [0, 0.05) is 12.0 Å². The monoisotopic (exact) mass is 320 g/mol. The molecule has 3 N–H and O–H groups in total. The highest BCUT2D eigenvalue weighted by Crippen LogP contribution is 2.53. The van der Waals surface area contributed by atoms with E-state index < -0.39 is 12.1 Å². The molecule has 0 spiro atoms. The van der Waals surface area contributed by atoms with Crippen LogP contribution in [0.2, 0.25) is 0 Å². The summed E-state index contributed by atoms with van der Waals surface area (Å²) in [6.45, 7) is 1.58. The largest absolute Gasteiger partial charge is 0.391 e. The fourth-order valence-electron chi connectivity index (χ4n) is 5.44. The molecule has 5 heteroatoms. The van der Waals surface area contributed by atoms with Crippen LogP contribution in [0.4, 0.5) is 0 Å². The maximum atomic E-state index is 12.7. The van der Waals surface area contributed by atoms with Gasteiger partial charge in [0.2, 0.25) is 11.8 Å². The van der Waals surface area contributed by atoms with Gasteiger partial charge in [0.25, 0.3) is 0 Å². The van der Waals surface area contributed by atoms with Gasteiger partial charge in [-0.25, -0.2) is 0 Å². The summed E-state index contributed by atoms with van der Waals surface area (Å²) in [5.41, 5.74) is 0. The van der Waals surface area contributed by atoms with Crippen LogP contribution in [0.15, 0.2) is 0 Å². The van der Waals surface area contributed by atoms with E-state index in [1.807, 2.05) is 0 Å². The molecule has 128 valence electrons. The molecule has 5 fully saturated rings. The molecule has 0 aromatic heterocycles. The molecule has 2 atom stereocenters. The highest BCUT2D eigenvalue weighted by Gasteiger charge is 2.49. The van der Waals surface area contributed by atoms with Crippen molar-refractivity contribution in [2.24, 2.45) is 29.6 Å². The summed E-state index contributed by atoms with van der Waals surface area (Å²) in [4.78, 5) is 24.6. The Kier molecular flexibility index (Phi) is 3.87. The smallest absolute Gasteiger partial charge is 0.245 e. The quantitative estimate of drug-likeness (QED) is 0.712. The Hall–Kier alpha value is -1.10. The Morgan fingerprint density at radius 3 is 2.04 bits per heavy atom. The minimum absolute atomic E-state index is 0.0465. The summed E-state index contributed by atoms with van der Waals surface area (Å²) in [5.74, 6) is 2.70. The van der Waals surface area contributed by atoms with E-state index in [1.54, 1.807) is 6.92 Å². The van der Waals surface area contributed by atoms with Crippen LogP contribution in [0.5, 0.6) is 0 Å². The molecule has 23 heavy (non-hydrogen) atoms. The second-order valence-corrected chi connectivity index (χ2v) is 8.47. The summed E-state index contributed by atoms with van der Waals surface area (Å²) in [6, 6.07) is -0.574. The molecule has 0 saturated heterocycles. The van der Waals surface area contributed by atoms with Crippen molar-refractivity contribution in [3.63, 3.8) is 0 Å². The van der Waals surface area contributed by atoms with Crippen LogP contribution in [0, 0.1) is 29.6 Å². The number of aliphatic hydroxyl groups excluding tert-OH is 1. The summed E-state index contributed by atoms with van der Waals surface area (Å²) >= 11 is 0. The number of aliphatic hydroxyl groups is 1. The van der Waals surface area contributed by atoms with E-state index in [2.05, 4.69) is 10.6 Å². The molecule has 5 aliphatic rings. The number of nitrogens with one attached hydrogen (secondary N) is 2. The molecular formula is C18H28N2O3. The third kappa shape index (κ3) is 3.00. The maximum absolute atomic E-state index is 12.7. The van der Waals surface area contributed by atoms with E-state index in [0.717, 1.165) is 24.7 Å². The van der Waals surface area contributed by atoms with Gasteiger partial charge in [-0.15, -0.1) is 0 Å². The van der Waals surface area contributed by atoms with Gasteiger partial charge in [-0.2, -0.15) is 0 Å². The Morgan fingerprint density at radius 1 is 1.00 bits per heavy atom. The number of carbonyl (C=O) groups is 2. The summed E-state index contributed by atoms with van der Waals surface area (Å²) in [7, 11) is 0. The van der Waals surface area contributed by atoms with Crippen molar-refractivity contribution in [3.05, 3.63) is 0 Å². The van der Waals surface area contributed by atoms with Gasteiger partial charge in [0.1, 0.15) is 6.04 Å². The van der Waals surface area contributed by atoms with Crippen molar-refractivity contribution in [2.75, 3.05) is 0 Å². The van der Waals surface area contributed by atoms with Gasteiger partial charge in [-0.3, -0.25) is 9.59 Å².